The first-order valence-electron chi connectivity index (χ1n) is 10.8. The Morgan fingerprint density at radius 3 is 2.64 bits per heavy atom. The summed E-state index contributed by atoms with van der Waals surface area (Å²) in [4.78, 5) is 4.94. The van der Waals surface area contributed by atoms with E-state index in [1.54, 1.807) is 24.9 Å². The van der Waals surface area contributed by atoms with E-state index in [-0.39, 0.29) is 6.04 Å². The lowest BCUT2D eigenvalue weighted by Crippen LogP contribution is -2.30. The molecule has 170 valence electrons. The van der Waals surface area contributed by atoms with E-state index < -0.39 is 11.7 Å². The van der Waals surface area contributed by atoms with Crippen molar-refractivity contribution in [3.63, 3.8) is 0 Å². The van der Waals surface area contributed by atoms with Crippen LogP contribution in [0.15, 0.2) is 72.3 Å². The maximum absolute atomic E-state index is 13.7. The van der Waals surface area contributed by atoms with Gasteiger partial charge in [0.15, 0.2) is 0 Å². The zero-order chi connectivity index (χ0) is 22.8. The smallest absolute Gasteiger partial charge is 0.317 e. The fourth-order valence-electron chi connectivity index (χ4n) is 4.40. The maximum Gasteiger partial charge on any atom is 0.416 e. The second-order valence-corrected chi connectivity index (χ2v) is 9.18. The first-order valence-corrected chi connectivity index (χ1v) is 11.6. The van der Waals surface area contributed by atoms with Crippen molar-refractivity contribution in [2.45, 2.75) is 48.8 Å². The minimum Gasteiger partial charge on any atom is -0.317 e. The number of hydrogen-bond acceptors (Lipinski definition) is 5. The molecule has 0 aliphatic heterocycles. The van der Waals surface area contributed by atoms with Gasteiger partial charge in [0.1, 0.15) is 12.7 Å². The molecule has 1 N–H and O–H groups in total. The van der Waals surface area contributed by atoms with Gasteiger partial charge in [0, 0.05) is 34.1 Å². The van der Waals surface area contributed by atoms with Crippen LogP contribution in [-0.2, 0) is 6.18 Å². The number of pyridine rings is 1. The van der Waals surface area contributed by atoms with Gasteiger partial charge in [0.2, 0.25) is 0 Å². The van der Waals surface area contributed by atoms with Crippen molar-refractivity contribution in [3.8, 4) is 11.1 Å². The Labute approximate surface area is 193 Å². The molecule has 2 aromatic carbocycles. The number of halogens is 3. The number of nitrogens with zero attached hydrogens (tertiary/aromatic N) is 4. The largest absolute Gasteiger partial charge is 0.416 e. The summed E-state index contributed by atoms with van der Waals surface area (Å²) in [7, 11) is 0. The minimum absolute atomic E-state index is 0.188. The van der Waals surface area contributed by atoms with Gasteiger partial charge in [-0.05, 0) is 67.5 Å². The summed E-state index contributed by atoms with van der Waals surface area (Å²) in [6.07, 6.45) is 4.60. The van der Waals surface area contributed by atoms with E-state index in [0.29, 0.717) is 27.6 Å². The van der Waals surface area contributed by atoms with Gasteiger partial charge in [-0.2, -0.15) is 13.2 Å². The second-order valence-electron chi connectivity index (χ2n) is 8.27. The molecule has 0 amide bonds. The van der Waals surface area contributed by atoms with Crippen LogP contribution < -0.4 is 4.72 Å². The van der Waals surface area contributed by atoms with Crippen LogP contribution in [0.2, 0.25) is 0 Å². The van der Waals surface area contributed by atoms with Crippen LogP contribution in [0.4, 0.5) is 13.2 Å². The average molecular weight is 470 g/mol. The number of rotatable bonds is 5. The van der Waals surface area contributed by atoms with Crippen LogP contribution >= 0.6 is 11.9 Å². The molecule has 5 nitrogen and oxygen atoms in total. The van der Waals surface area contributed by atoms with E-state index in [9.17, 15) is 13.2 Å². The molecule has 1 fully saturated rings. The number of aromatic nitrogens is 4. The summed E-state index contributed by atoms with van der Waals surface area (Å²) < 4.78 is 46.6. The second kappa shape index (κ2) is 9.15. The highest BCUT2D eigenvalue weighted by Gasteiger charge is 2.32. The van der Waals surface area contributed by atoms with Crippen molar-refractivity contribution >= 4 is 22.9 Å². The number of nitrogens with one attached hydrogen (secondary N) is 1. The van der Waals surface area contributed by atoms with Crippen molar-refractivity contribution < 1.29 is 13.2 Å². The van der Waals surface area contributed by atoms with Gasteiger partial charge in [-0.1, -0.05) is 24.3 Å². The van der Waals surface area contributed by atoms with E-state index in [2.05, 4.69) is 19.9 Å². The molecule has 33 heavy (non-hydrogen) atoms. The van der Waals surface area contributed by atoms with Gasteiger partial charge in [-0.15, -0.1) is 10.2 Å². The van der Waals surface area contributed by atoms with Crippen molar-refractivity contribution in [3.05, 3.63) is 72.9 Å². The highest BCUT2D eigenvalue weighted by atomic mass is 32.2. The first kappa shape index (κ1) is 21.9. The number of para-hydroxylation sites is 1. The van der Waals surface area contributed by atoms with Gasteiger partial charge in [-0.3, -0.25) is 9.71 Å². The highest BCUT2D eigenvalue weighted by Crippen LogP contribution is 2.38. The quantitative estimate of drug-likeness (QED) is 0.348. The molecule has 0 saturated heterocycles. The average Bonchev–Trinajstić information content (AvgIpc) is 3.37. The maximum atomic E-state index is 13.7. The molecule has 9 heteroatoms. The topological polar surface area (TPSA) is 55.6 Å². The van der Waals surface area contributed by atoms with Gasteiger partial charge in [0.05, 0.1) is 11.1 Å². The Hall–Kier alpha value is -2.91. The Bertz CT molecular complexity index is 1240. The standard InChI is InChI=1S/C24H22F3N5S/c25-24(26,27)18-10-17(22-8-1-4-16-5-3-9-28-23(16)22)11-21(12-18)33-31-19-6-2-7-20(13-19)32-14-29-30-15-32/h1,3-5,8-12,14-15,19-20,31H,2,6-7,13H2/t19-,20+/m0/s1. The monoisotopic (exact) mass is 469 g/mol. The lowest BCUT2D eigenvalue weighted by molar-refractivity contribution is -0.137. The molecular weight excluding hydrogens is 447 g/mol. The number of benzene rings is 2. The molecular formula is C24H22F3N5S. The van der Waals surface area contributed by atoms with Crippen molar-refractivity contribution in [2.75, 3.05) is 0 Å². The Morgan fingerprint density at radius 1 is 1.00 bits per heavy atom. The lowest BCUT2D eigenvalue weighted by atomic mass is 9.91. The van der Waals surface area contributed by atoms with E-state index in [0.717, 1.165) is 31.1 Å². The van der Waals surface area contributed by atoms with Crippen molar-refractivity contribution in [1.82, 2.24) is 24.5 Å². The molecule has 0 radical (unpaired) electrons. The molecule has 4 aromatic rings. The molecule has 5 rings (SSSR count). The lowest BCUT2D eigenvalue weighted by Gasteiger charge is -2.30. The molecule has 2 heterocycles. The van der Waals surface area contributed by atoms with Crippen LogP contribution in [0.5, 0.6) is 0 Å². The van der Waals surface area contributed by atoms with Gasteiger partial charge >= 0.3 is 6.18 Å². The summed E-state index contributed by atoms with van der Waals surface area (Å²) >= 11 is 1.26. The number of hydrogen-bond donors (Lipinski definition) is 1. The van der Waals surface area contributed by atoms with Crippen LogP contribution in [0.3, 0.4) is 0 Å². The Morgan fingerprint density at radius 2 is 1.82 bits per heavy atom. The fraction of sp³-hybridized carbons (Fsp3) is 0.292. The fourth-order valence-corrected chi connectivity index (χ4v) is 5.29. The molecule has 0 bridgehead atoms. The van der Waals surface area contributed by atoms with E-state index >= 15 is 0 Å². The van der Waals surface area contributed by atoms with Crippen molar-refractivity contribution in [1.29, 1.82) is 0 Å². The molecule has 1 aliphatic rings. The number of fused-ring (bicyclic) bond motifs is 1. The Balaban J connectivity index is 1.42. The van der Waals surface area contributed by atoms with E-state index in [1.165, 1.54) is 24.1 Å². The van der Waals surface area contributed by atoms with Crippen LogP contribution in [0.1, 0.15) is 37.3 Å². The number of alkyl halides is 3. The van der Waals surface area contributed by atoms with Crippen LogP contribution in [-0.4, -0.2) is 25.8 Å². The summed E-state index contributed by atoms with van der Waals surface area (Å²) in [5.41, 5.74) is 1.21. The Kier molecular flexibility index (Phi) is 6.07. The first-order chi connectivity index (χ1) is 16.0. The molecule has 2 atom stereocenters. The SMILES string of the molecule is FC(F)(F)c1cc(SN[C@H]2CCC[C@@H](n3cnnc3)C2)cc(-c2cccc3cccnc23)c1. The highest BCUT2D eigenvalue weighted by molar-refractivity contribution is 7.97. The predicted molar refractivity (Wildman–Crippen MR) is 122 cm³/mol. The molecule has 2 aromatic heterocycles. The van der Waals surface area contributed by atoms with Crippen molar-refractivity contribution in [2.24, 2.45) is 0 Å². The third-order valence-corrected chi connectivity index (χ3v) is 6.95. The van der Waals surface area contributed by atoms with Gasteiger partial charge < -0.3 is 4.57 Å². The zero-order valence-electron chi connectivity index (χ0n) is 17.7. The third-order valence-electron chi connectivity index (χ3n) is 6.03. The van der Waals surface area contributed by atoms with Crippen LogP contribution in [0, 0.1) is 0 Å². The van der Waals surface area contributed by atoms with Gasteiger partial charge in [-0.25, -0.2) is 0 Å². The normalized spacial score (nSPS) is 19.1. The predicted octanol–water partition coefficient (Wildman–Crippen LogP) is 6.29. The molecule has 0 unspecified atom stereocenters. The van der Waals surface area contributed by atoms with Crippen LogP contribution in [0.25, 0.3) is 22.0 Å². The van der Waals surface area contributed by atoms with Gasteiger partial charge in [0.25, 0.3) is 0 Å². The summed E-state index contributed by atoms with van der Waals surface area (Å²) in [5.74, 6) is 0. The van der Waals surface area contributed by atoms with E-state index in [1.807, 2.05) is 34.9 Å². The summed E-state index contributed by atoms with van der Waals surface area (Å²) in [5, 5.41) is 8.66. The minimum atomic E-state index is -4.44. The summed E-state index contributed by atoms with van der Waals surface area (Å²) in [6.45, 7) is 0. The molecule has 0 spiro atoms. The summed E-state index contributed by atoms with van der Waals surface area (Å²) in [6, 6.07) is 14.0. The molecule has 1 aliphatic carbocycles. The molecule has 1 saturated carbocycles. The zero-order valence-corrected chi connectivity index (χ0v) is 18.5. The third kappa shape index (κ3) is 4.89. The van der Waals surface area contributed by atoms with E-state index in [4.69, 9.17) is 0 Å².